The van der Waals surface area contributed by atoms with E-state index >= 15 is 0 Å². The molecule has 0 saturated heterocycles. The van der Waals surface area contributed by atoms with Crippen molar-refractivity contribution in [3.8, 4) is 5.75 Å². The first-order valence-corrected chi connectivity index (χ1v) is 8.16. The molecule has 108 valence electrons. The third-order valence-corrected chi connectivity index (χ3v) is 4.54. The van der Waals surface area contributed by atoms with Crippen molar-refractivity contribution in [1.29, 1.82) is 0 Å². The molecule has 1 heterocycles. The first-order chi connectivity index (χ1) is 9.49. The van der Waals surface area contributed by atoms with Crippen LogP contribution in [0.2, 0.25) is 0 Å². The van der Waals surface area contributed by atoms with Crippen molar-refractivity contribution in [1.82, 2.24) is 9.29 Å². The molecule has 0 saturated carbocycles. The highest BCUT2D eigenvalue weighted by atomic mass is 32.2. The molecule has 1 aromatic heterocycles. The van der Waals surface area contributed by atoms with Gasteiger partial charge in [0.2, 0.25) is 0 Å². The van der Waals surface area contributed by atoms with Gasteiger partial charge in [0.15, 0.2) is 0 Å². The summed E-state index contributed by atoms with van der Waals surface area (Å²) in [5, 5.41) is 1.88. The minimum atomic E-state index is -3.56. The van der Waals surface area contributed by atoms with Crippen LogP contribution in [0.1, 0.15) is 5.69 Å². The first kappa shape index (κ1) is 14.8. The number of para-hydroxylation sites is 2. The molecule has 0 amide bonds. The maximum absolute atomic E-state index is 11.8. The Bertz CT molecular complexity index is 654. The van der Waals surface area contributed by atoms with Gasteiger partial charge in [0.25, 0.3) is 0 Å². The third kappa shape index (κ3) is 3.69. The number of nitrogens with one attached hydrogen (secondary N) is 1. The predicted octanol–water partition coefficient (Wildman–Crippen LogP) is 1.94. The van der Waals surface area contributed by atoms with Crippen molar-refractivity contribution in [2.75, 3.05) is 18.8 Å². The second kappa shape index (κ2) is 6.21. The monoisotopic (exact) mass is 313 g/mol. The topological polar surface area (TPSA) is 71.5 Å². The summed E-state index contributed by atoms with van der Waals surface area (Å²) in [6, 6.07) is 6.88. The Morgan fingerprint density at radius 3 is 2.75 bits per heavy atom. The highest BCUT2D eigenvalue weighted by Crippen LogP contribution is 2.26. The Morgan fingerprint density at radius 1 is 1.35 bits per heavy atom. The lowest BCUT2D eigenvalue weighted by molar-refractivity contribution is 0.304. The van der Waals surface area contributed by atoms with Crippen LogP contribution in [0.5, 0.6) is 5.75 Å². The maximum Gasteiger partial charge on any atom is 0.301 e. The van der Waals surface area contributed by atoms with Crippen molar-refractivity contribution >= 4 is 27.2 Å². The van der Waals surface area contributed by atoms with E-state index in [0.29, 0.717) is 18.0 Å². The summed E-state index contributed by atoms with van der Waals surface area (Å²) in [5.41, 5.74) is 2.93. The molecule has 0 unspecified atom stereocenters. The summed E-state index contributed by atoms with van der Waals surface area (Å²) >= 11 is 1.48. The van der Waals surface area contributed by atoms with Crippen LogP contribution < -0.4 is 9.46 Å². The molecule has 1 aromatic carbocycles. The number of hydrogen-bond donors (Lipinski definition) is 1. The zero-order valence-electron chi connectivity index (χ0n) is 11.1. The number of benzene rings is 1. The van der Waals surface area contributed by atoms with Crippen LogP contribution in [0, 0.1) is 0 Å². The largest absolute Gasteiger partial charge is 0.485 e. The van der Waals surface area contributed by atoms with Gasteiger partial charge in [-0.2, -0.15) is 12.7 Å². The van der Waals surface area contributed by atoms with E-state index in [0.717, 1.165) is 10.00 Å². The van der Waals surface area contributed by atoms with Gasteiger partial charge in [-0.15, -0.1) is 11.3 Å². The number of hydrogen-bond acceptors (Lipinski definition) is 5. The van der Waals surface area contributed by atoms with Crippen molar-refractivity contribution < 1.29 is 13.2 Å². The molecular weight excluding hydrogens is 298 g/mol. The standard InChI is InChI=1S/C12H15N3O3S2/c1-15(2)20(16,17)14-11-5-3-4-6-12(11)18-7-10-8-19-9-13-10/h3-6,8-9,14H,7H2,1-2H3. The van der Waals surface area contributed by atoms with Crippen LogP contribution in [-0.2, 0) is 16.8 Å². The van der Waals surface area contributed by atoms with Crippen LogP contribution >= 0.6 is 11.3 Å². The normalized spacial score (nSPS) is 11.6. The van der Waals surface area contributed by atoms with Gasteiger partial charge in [-0.05, 0) is 12.1 Å². The molecule has 0 spiro atoms. The van der Waals surface area contributed by atoms with E-state index in [4.69, 9.17) is 4.74 Å². The van der Waals surface area contributed by atoms with Gasteiger partial charge in [0.05, 0.1) is 16.9 Å². The summed E-state index contributed by atoms with van der Waals surface area (Å²) in [6.07, 6.45) is 0. The van der Waals surface area contributed by atoms with Crippen LogP contribution in [0.4, 0.5) is 5.69 Å². The predicted molar refractivity (Wildman–Crippen MR) is 79.1 cm³/mol. The lowest BCUT2D eigenvalue weighted by atomic mass is 10.3. The summed E-state index contributed by atoms with van der Waals surface area (Å²) < 4.78 is 32.8. The Labute approximate surface area is 122 Å². The highest BCUT2D eigenvalue weighted by Gasteiger charge is 2.15. The summed E-state index contributed by atoms with van der Waals surface area (Å²) in [7, 11) is -0.637. The minimum absolute atomic E-state index is 0.296. The lowest BCUT2D eigenvalue weighted by Gasteiger charge is -2.16. The molecule has 0 aliphatic rings. The molecule has 6 nitrogen and oxygen atoms in total. The number of rotatable bonds is 6. The number of anilines is 1. The fourth-order valence-electron chi connectivity index (χ4n) is 1.37. The second-order valence-corrected chi connectivity index (χ2v) is 6.76. The fraction of sp³-hybridized carbons (Fsp3) is 0.250. The van der Waals surface area contributed by atoms with Gasteiger partial charge in [-0.3, -0.25) is 4.72 Å². The number of nitrogens with zero attached hydrogens (tertiary/aromatic N) is 2. The molecule has 2 rings (SSSR count). The Balaban J connectivity index is 2.14. The van der Waals surface area contributed by atoms with E-state index in [1.807, 2.05) is 5.38 Å². The van der Waals surface area contributed by atoms with E-state index < -0.39 is 10.2 Å². The molecule has 8 heteroatoms. The number of ether oxygens (including phenoxy) is 1. The maximum atomic E-state index is 11.8. The molecule has 0 atom stereocenters. The zero-order valence-corrected chi connectivity index (χ0v) is 12.7. The number of thiazole rings is 1. The smallest absolute Gasteiger partial charge is 0.301 e. The quantitative estimate of drug-likeness (QED) is 0.884. The van der Waals surface area contributed by atoms with Crippen LogP contribution in [0.25, 0.3) is 0 Å². The lowest BCUT2D eigenvalue weighted by Crippen LogP contribution is -2.29. The third-order valence-electron chi connectivity index (χ3n) is 2.47. The molecule has 0 radical (unpaired) electrons. The van der Waals surface area contributed by atoms with Gasteiger partial charge in [0, 0.05) is 19.5 Å². The van der Waals surface area contributed by atoms with Gasteiger partial charge < -0.3 is 4.74 Å². The van der Waals surface area contributed by atoms with Crippen molar-refractivity contribution in [3.05, 3.63) is 40.8 Å². The average Bonchev–Trinajstić information content (AvgIpc) is 2.90. The van der Waals surface area contributed by atoms with Gasteiger partial charge in [0.1, 0.15) is 12.4 Å². The molecular formula is C12H15N3O3S2. The molecule has 0 aliphatic carbocycles. The van der Waals surface area contributed by atoms with Gasteiger partial charge in [-0.1, -0.05) is 12.1 Å². The first-order valence-electron chi connectivity index (χ1n) is 5.78. The van der Waals surface area contributed by atoms with E-state index in [9.17, 15) is 8.42 Å². The SMILES string of the molecule is CN(C)S(=O)(=O)Nc1ccccc1OCc1cscn1. The van der Waals surface area contributed by atoms with Crippen molar-refractivity contribution in [3.63, 3.8) is 0 Å². The van der Waals surface area contributed by atoms with E-state index in [2.05, 4.69) is 9.71 Å². The van der Waals surface area contributed by atoms with Crippen molar-refractivity contribution in [2.24, 2.45) is 0 Å². The Morgan fingerprint density at radius 2 is 2.10 bits per heavy atom. The van der Waals surface area contributed by atoms with E-state index in [1.165, 1.54) is 25.4 Å². The van der Waals surface area contributed by atoms with Crippen LogP contribution in [0.15, 0.2) is 35.2 Å². The summed E-state index contributed by atoms with van der Waals surface area (Å²) in [5.74, 6) is 0.464. The average molecular weight is 313 g/mol. The second-order valence-electron chi connectivity index (χ2n) is 4.15. The van der Waals surface area contributed by atoms with Crippen molar-refractivity contribution in [2.45, 2.75) is 6.61 Å². The Kier molecular flexibility index (Phi) is 4.58. The van der Waals surface area contributed by atoms with E-state index in [-0.39, 0.29) is 0 Å². The van der Waals surface area contributed by atoms with Crippen LogP contribution in [0.3, 0.4) is 0 Å². The molecule has 2 aromatic rings. The molecule has 1 N–H and O–H groups in total. The van der Waals surface area contributed by atoms with Crippen LogP contribution in [-0.4, -0.2) is 31.8 Å². The molecule has 20 heavy (non-hydrogen) atoms. The molecule has 0 fully saturated rings. The number of aromatic nitrogens is 1. The summed E-state index contributed by atoms with van der Waals surface area (Å²) in [6.45, 7) is 0.296. The molecule has 0 aliphatic heterocycles. The molecule has 0 bridgehead atoms. The van der Waals surface area contributed by atoms with E-state index in [1.54, 1.807) is 29.8 Å². The zero-order chi connectivity index (χ0) is 14.6. The fourth-order valence-corrected chi connectivity index (χ4v) is 2.54. The van der Waals surface area contributed by atoms with Gasteiger partial charge >= 0.3 is 10.2 Å². The minimum Gasteiger partial charge on any atom is -0.485 e. The summed E-state index contributed by atoms with van der Waals surface area (Å²) in [4.78, 5) is 4.11. The highest BCUT2D eigenvalue weighted by molar-refractivity contribution is 7.90. The Hall–Kier alpha value is -1.64. The van der Waals surface area contributed by atoms with Gasteiger partial charge in [-0.25, -0.2) is 4.98 Å².